The number of hydrogen-bond donors (Lipinski definition) is 1. The van der Waals surface area contributed by atoms with E-state index in [1.54, 1.807) is 0 Å². The molecule has 1 N–H and O–H groups in total. The Hall–Kier alpha value is -2.63. The Balaban J connectivity index is 1.39. The molecule has 1 saturated heterocycles. The minimum Gasteiger partial charge on any atom is -0.369 e. The van der Waals surface area contributed by atoms with E-state index in [0.29, 0.717) is 6.54 Å². The van der Waals surface area contributed by atoms with Crippen LogP contribution in [0.15, 0.2) is 66.7 Å². The number of likely N-dealkylation sites (N-methyl/N-ethyl adjacent to an activating group) is 1. The lowest BCUT2D eigenvalue weighted by atomic mass is 10.1. The third-order valence-electron chi connectivity index (χ3n) is 5.15. The van der Waals surface area contributed by atoms with E-state index in [1.807, 2.05) is 42.5 Å². The Kier molecular flexibility index (Phi) is 5.74. The molecule has 0 bridgehead atoms. The fourth-order valence-electron chi connectivity index (χ4n) is 3.38. The van der Waals surface area contributed by atoms with Crippen molar-refractivity contribution >= 4 is 22.9 Å². The molecule has 1 fully saturated rings. The third-order valence-corrected chi connectivity index (χ3v) is 6.28. The van der Waals surface area contributed by atoms with Crippen LogP contribution in [0.1, 0.15) is 15.2 Å². The van der Waals surface area contributed by atoms with Crippen LogP contribution in [0.4, 0.5) is 5.69 Å². The highest BCUT2D eigenvalue weighted by Gasteiger charge is 2.15. The van der Waals surface area contributed by atoms with Crippen molar-refractivity contribution in [2.24, 2.45) is 0 Å². The summed E-state index contributed by atoms with van der Waals surface area (Å²) in [7, 11) is 2.17. The number of hydrogen-bond acceptors (Lipinski definition) is 4. The fraction of sp³-hybridized carbons (Fsp3) is 0.261. The van der Waals surface area contributed by atoms with Crippen molar-refractivity contribution in [1.82, 2.24) is 10.2 Å². The first-order valence-electron chi connectivity index (χ1n) is 9.65. The molecule has 4 rings (SSSR count). The van der Waals surface area contributed by atoms with E-state index in [-0.39, 0.29) is 5.91 Å². The SMILES string of the molecule is CN1CCN(c2ccc(-c3ccc(C(=O)NCc4ccccc4)s3)cc2)CC1. The van der Waals surface area contributed by atoms with E-state index in [4.69, 9.17) is 0 Å². The molecule has 0 unspecified atom stereocenters. The lowest BCUT2D eigenvalue weighted by Crippen LogP contribution is -2.44. The molecule has 0 saturated carbocycles. The standard InChI is InChI=1S/C23H25N3OS/c1-25-13-15-26(16-14-25)20-9-7-19(8-10-20)21-11-12-22(28-21)23(27)24-17-18-5-3-2-4-6-18/h2-12H,13-17H2,1H3,(H,24,27). The van der Waals surface area contributed by atoms with E-state index in [2.05, 4.69) is 46.4 Å². The zero-order valence-corrected chi connectivity index (χ0v) is 16.9. The number of anilines is 1. The summed E-state index contributed by atoms with van der Waals surface area (Å²) in [6, 6.07) is 22.6. The van der Waals surface area contributed by atoms with Crippen molar-refractivity contribution in [2.75, 3.05) is 38.1 Å². The summed E-state index contributed by atoms with van der Waals surface area (Å²) in [5, 5.41) is 3.00. The molecule has 0 atom stereocenters. The fourth-order valence-corrected chi connectivity index (χ4v) is 4.31. The molecule has 2 aromatic carbocycles. The Morgan fingerprint density at radius 3 is 2.36 bits per heavy atom. The summed E-state index contributed by atoms with van der Waals surface area (Å²) in [6.45, 7) is 4.90. The smallest absolute Gasteiger partial charge is 0.261 e. The van der Waals surface area contributed by atoms with Crippen molar-refractivity contribution in [3.63, 3.8) is 0 Å². The van der Waals surface area contributed by atoms with E-state index < -0.39 is 0 Å². The molecular formula is C23H25N3OS. The summed E-state index contributed by atoms with van der Waals surface area (Å²) in [6.07, 6.45) is 0. The molecule has 0 radical (unpaired) electrons. The number of carbonyl (C=O) groups excluding carboxylic acids is 1. The molecule has 4 nitrogen and oxygen atoms in total. The Morgan fingerprint density at radius 2 is 1.64 bits per heavy atom. The molecule has 3 aromatic rings. The number of nitrogens with zero attached hydrogens (tertiary/aromatic N) is 2. The molecule has 0 spiro atoms. The van der Waals surface area contributed by atoms with E-state index in [1.165, 1.54) is 17.0 Å². The van der Waals surface area contributed by atoms with Gasteiger partial charge in [-0.15, -0.1) is 11.3 Å². The lowest BCUT2D eigenvalue weighted by Gasteiger charge is -2.34. The van der Waals surface area contributed by atoms with Gasteiger partial charge in [0.2, 0.25) is 0 Å². The third kappa shape index (κ3) is 4.43. The lowest BCUT2D eigenvalue weighted by molar-refractivity contribution is 0.0955. The number of rotatable bonds is 5. The number of amides is 1. The monoisotopic (exact) mass is 391 g/mol. The Bertz CT molecular complexity index is 913. The number of thiophene rings is 1. The van der Waals surface area contributed by atoms with Crippen molar-refractivity contribution in [2.45, 2.75) is 6.54 Å². The van der Waals surface area contributed by atoms with E-state index in [9.17, 15) is 4.79 Å². The Morgan fingerprint density at radius 1 is 0.929 bits per heavy atom. The van der Waals surface area contributed by atoms with Crippen LogP contribution in [-0.2, 0) is 6.54 Å². The highest BCUT2D eigenvalue weighted by molar-refractivity contribution is 7.17. The second-order valence-electron chi connectivity index (χ2n) is 7.17. The van der Waals surface area contributed by atoms with Gasteiger partial charge in [0.25, 0.3) is 5.91 Å². The molecule has 1 aromatic heterocycles. The average molecular weight is 392 g/mol. The molecular weight excluding hydrogens is 366 g/mol. The minimum absolute atomic E-state index is 0.0193. The van der Waals surface area contributed by atoms with E-state index >= 15 is 0 Å². The molecule has 144 valence electrons. The van der Waals surface area contributed by atoms with Gasteiger partial charge in [-0.25, -0.2) is 0 Å². The van der Waals surface area contributed by atoms with Crippen LogP contribution in [0.5, 0.6) is 0 Å². The van der Waals surface area contributed by atoms with Crippen LogP contribution >= 0.6 is 11.3 Å². The van der Waals surface area contributed by atoms with Gasteiger partial charge in [-0.1, -0.05) is 42.5 Å². The first-order chi connectivity index (χ1) is 13.7. The molecule has 1 aliphatic heterocycles. The number of carbonyl (C=O) groups is 1. The highest BCUT2D eigenvalue weighted by Crippen LogP contribution is 2.30. The molecule has 1 aliphatic rings. The number of nitrogens with one attached hydrogen (secondary N) is 1. The summed E-state index contributed by atoms with van der Waals surface area (Å²) in [5.41, 5.74) is 3.53. The van der Waals surface area contributed by atoms with Crippen LogP contribution in [-0.4, -0.2) is 44.0 Å². The highest BCUT2D eigenvalue weighted by atomic mass is 32.1. The molecule has 1 amide bonds. The van der Waals surface area contributed by atoms with Crippen molar-refractivity contribution in [3.05, 3.63) is 77.2 Å². The Labute approximate surface area is 170 Å². The molecule has 2 heterocycles. The second-order valence-corrected chi connectivity index (χ2v) is 8.25. The van der Waals surface area contributed by atoms with Crippen LogP contribution in [0, 0.1) is 0 Å². The van der Waals surface area contributed by atoms with Gasteiger partial charge in [0.15, 0.2) is 0 Å². The van der Waals surface area contributed by atoms with E-state index in [0.717, 1.165) is 47.1 Å². The minimum atomic E-state index is -0.0193. The topological polar surface area (TPSA) is 35.6 Å². The van der Waals surface area contributed by atoms with Gasteiger partial charge in [-0.05, 0) is 42.4 Å². The maximum atomic E-state index is 12.4. The zero-order chi connectivity index (χ0) is 19.3. The normalized spacial score (nSPS) is 14.8. The van der Waals surface area contributed by atoms with Gasteiger partial charge in [-0.3, -0.25) is 4.79 Å². The summed E-state index contributed by atoms with van der Waals surface area (Å²) in [5.74, 6) is -0.0193. The van der Waals surface area contributed by atoms with Crippen molar-refractivity contribution in [1.29, 1.82) is 0 Å². The zero-order valence-electron chi connectivity index (χ0n) is 16.1. The summed E-state index contributed by atoms with van der Waals surface area (Å²) < 4.78 is 0. The van der Waals surface area contributed by atoms with Crippen molar-refractivity contribution in [3.8, 4) is 10.4 Å². The number of piperazine rings is 1. The molecule has 5 heteroatoms. The first kappa shape index (κ1) is 18.7. The van der Waals surface area contributed by atoms with Gasteiger partial charge in [0, 0.05) is 43.3 Å². The molecule has 28 heavy (non-hydrogen) atoms. The average Bonchev–Trinajstić information content (AvgIpc) is 3.24. The second kappa shape index (κ2) is 8.59. The van der Waals surface area contributed by atoms with Gasteiger partial charge in [0.1, 0.15) is 0 Å². The van der Waals surface area contributed by atoms with Crippen LogP contribution in [0.25, 0.3) is 10.4 Å². The van der Waals surface area contributed by atoms with Gasteiger partial charge in [-0.2, -0.15) is 0 Å². The van der Waals surface area contributed by atoms with Gasteiger partial charge < -0.3 is 15.1 Å². The van der Waals surface area contributed by atoms with Crippen LogP contribution < -0.4 is 10.2 Å². The van der Waals surface area contributed by atoms with Crippen LogP contribution in [0.3, 0.4) is 0 Å². The molecule has 0 aliphatic carbocycles. The predicted octanol–water partition coefficient (Wildman–Crippen LogP) is 4.10. The predicted molar refractivity (Wildman–Crippen MR) is 117 cm³/mol. The quantitative estimate of drug-likeness (QED) is 0.711. The van der Waals surface area contributed by atoms with Crippen LogP contribution in [0.2, 0.25) is 0 Å². The summed E-state index contributed by atoms with van der Waals surface area (Å²) in [4.78, 5) is 19.1. The first-order valence-corrected chi connectivity index (χ1v) is 10.5. The maximum Gasteiger partial charge on any atom is 0.261 e. The van der Waals surface area contributed by atoms with Gasteiger partial charge in [0.05, 0.1) is 4.88 Å². The number of benzene rings is 2. The van der Waals surface area contributed by atoms with Gasteiger partial charge >= 0.3 is 0 Å². The van der Waals surface area contributed by atoms with Crippen molar-refractivity contribution < 1.29 is 4.79 Å². The summed E-state index contributed by atoms with van der Waals surface area (Å²) >= 11 is 1.54. The largest absolute Gasteiger partial charge is 0.369 e. The maximum absolute atomic E-state index is 12.4.